The first-order valence-electron chi connectivity index (χ1n) is 45.1. The number of likely N-dealkylation sites (tertiary alicyclic amines) is 2. The van der Waals surface area contributed by atoms with Crippen molar-refractivity contribution < 1.29 is 38.4 Å². The van der Waals surface area contributed by atoms with Gasteiger partial charge in [-0.15, -0.1) is 0 Å². The SMILES string of the molecule is C.CC(=O)c1cccc(C2=NC3CCCC4C(=O)NCCN2C34)c1.CN(C)CCCN(C)C(=O)c1cccc(C2CNC(=O)c3cccc4ncn2c34)c1.CN(C)Cc1nc2cccc3c2n1CCNC3=O.CN1CCN(C(=O)c2cccc(C3CNC(=O)c4cccc5ncn3c45)c2)CC1.O=C1NCCn2c(CN3CC4CC3CN4Cc3ccccc3)nc3cccc1c32. The van der Waals surface area contributed by atoms with Crippen LogP contribution in [0.4, 0.5) is 0 Å². The number of benzene rings is 8. The van der Waals surface area contributed by atoms with Gasteiger partial charge in [-0.25, -0.2) is 19.9 Å². The van der Waals surface area contributed by atoms with Crippen molar-refractivity contribution in [1.82, 2.24) is 104 Å². The van der Waals surface area contributed by atoms with E-state index in [-0.39, 0.29) is 84.6 Å². The second kappa shape index (κ2) is 38.7. The number of fused-ring (bicyclic) bond motifs is 2. The highest BCUT2D eigenvalue weighted by Gasteiger charge is 2.48. The van der Waals surface area contributed by atoms with E-state index in [2.05, 4.69) is 117 Å². The van der Waals surface area contributed by atoms with E-state index in [4.69, 9.17) is 9.98 Å². The maximum atomic E-state index is 13.0. The molecule has 674 valence electrons. The molecule has 8 aromatic carbocycles. The summed E-state index contributed by atoms with van der Waals surface area (Å²) >= 11 is 0. The summed E-state index contributed by atoms with van der Waals surface area (Å²) in [6.07, 6.45) is 8.78. The maximum absolute atomic E-state index is 13.0. The number of carbonyl (C=O) groups is 8. The number of nitrogens with one attached hydrogen (secondary N) is 5. The first kappa shape index (κ1) is 88.9. The average molecular weight is 1750 g/mol. The van der Waals surface area contributed by atoms with E-state index in [1.165, 1.54) is 12.0 Å². The predicted octanol–water partition coefficient (Wildman–Crippen LogP) is 9.48. The Morgan fingerprint density at radius 2 is 1.02 bits per heavy atom. The summed E-state index contributed by atoms with van der Waals surface area (Å²) in [5.74, 6) is 3.21. The lowest BCUT2D eigenvalue weighted by Crippen LogP contribution is -2.48. The van der Waals surface area contributed by atoms with Crippen LogP contribution in [0.5, 0.6) is 0 Å². The molecule has 1 aliphatic carbocycles. The minimum absolute atomic E-state index is 0. The molecule has 7 unspecified atom stereocenters. The number of ketones is 1. The molecule has 7 amide bonds. The highest BCUT2D eigenvalue weighted by Crippen LogP contribution is 2.40. The van der Waals surface area contributed by atoms with Crippen molar-refractivity contribution >= 4 is 97.1 Å². The highest BCUT2D eigenvalue weighted by molar-refractivity contribution is 6.09. The minimum Gasteiger partial charge on any atom is -0.354 e. The zero-order chi connectivity index (χ0) is 89.3. The lowest BCUT2D eigenvalue weighted by molar-refractivity contribution is -0.126. The largest absolute Gasteiger partial charge is 0.354 e. The number of aliphatic imine (C=N–C) groups is 1. The van der Waals surface area contributed by atoms with Gasteiger partial charge < -0.3 is 74.3 Å². The summed E-state index contributed by atoms with van der Waals surface area (Å²) < 4.78 is 8.49. The summed E-state index contributed by atoms with van der Waals surface area (Å²) in [5, 5.41) is 15.0. The zero-order valence-electron chi connectivity index (χ0n) is 74.3. The van der Waals surface area contributed by atoms with Gasteiger partial charge in [-0.05, 0) is 170 Å². The topological polar surface area (TPSA) is 306 Å². The van der Waals surface area contributed by atoms with Gasteiger partial charge >= 0.3 is 0 Å². The van der Waals surface area contributed by atoms with Crippen molar-refractivity contribution in [3.8, 4) is 0 Å². The molecule has 1 saturated carbocycles. The van der Waals surface area contributed by atoms with Gasteiger partial charge in [-0.3, -0.25) is 53.1 Å². The number of nitrogens with zero attached hydrogens (tertiary/aromatic N) is 17. The van der Waals surface area contributed by atoms with E-state index < -0.39 is 0 Å². The Labute approximate surface area is 757 Å². The van der Waals surface area contributed by atoms with Gasteiger partial charge in [0.1, 0.15) is 17.5 Å². The van der Waals surface area contributed by atoms with Crippen LogP contribution < -0.4 is 26.6 Å². The van der Waals surface area contributed by atoms with Gasteiger partial charge in [0, 0.05) is 146 Å². The van der Waals surface area contributed by atoms with Crippen LogP contribution in [0.1, 0.15) is 165 Å². The normalized spacial score (nSPS) is 20.8. The van der Waals surface area contributed by atoms with Gasteiger partial charge in [0.2, 0.25) is 5.91 Å². The molecule has 4 aromatic heterocycles. The molecule has 0 spiro atoms. The average Bonchev–Trinajstić information content (AvgIpc) is 1.62. The maximum Gasteiger partial charge on any atom is 0.253 e. The number of carbonyl (C=O) groups excluding carboxylic acids is 8. The summed E-state index contributed by atoms with van der Waals surface area (Å²) in [4.78, 5) is 141. The van der Waals surface area contributed by atoms with Crippen LogP contribution in [0.2, 0.25) is 0 Å². The second-order valence-corrected chi connectivity index (χ2v) is 35.8. The number of imidazole rings is 4. The molecule has 2 bridgehead atoms. The van der Waals surface area contributed by atoms with Crippen molar-refractivity contribution in [2.45, 2.75) is 115 Å². The molecule has 12 aromatic rings. The number of para-hydroxylation sites is 4. The molecule has 7 atom stereocenters. The van der Waals surface area contributed by atoms with Crippen LogP contribution in [0.3, 0.4) is 0 Å². The van der Waals surface area contributed by atoms with Crippen LogP contribution >= 0.6 is 0 Å². The number of amides is 7. The van der Waals surface area contributed by atoms with E-state index in [0.29, 0.717) is 79.2 Å². The standard InChI is InChI=1S/C23H27N5O2.C23H25N5O.C22H23N5O2.C18H21N3O2.C13H16N4O.CH4/c1-26(2)11-6-12-27(3)23(30)17-8-4-7-16(13-17)20-14-24-22(29)18-9-5-10-19-21(18)28(20)15-25-19;29-23-19-7-4-8-20-22(19)28(10-9-24-23)21(25-20)15-27-14-17-11-18(27)13-26(17)12-16-5-2-1-3-6-16;1-25-8-10-26(11-9-25)22(29)16-5-2-4-15(12-16)19-13-23-21(28)17-6-3-7-18-20(17)27(19)14-24-18;1-11(22)12-4-2-5-13(10-12)17-20-15-7-3-6-14-16(15)21(17)9-8-19-18(14)23;1-16(2)8-11-15-10-5-3-4-9-12(10)17(11)7-6-14-13(9)18;/h4-5,7-10,13,15,20H,6,11-12,14H2,1-3H3,(H,24,29);1-8,17-18H,9-15H2,(H,24,29);2-7,12,14,19H,8-11,13H2,1H3,(H,23,28);2,4-5,10,14-16H,3,6-9H2,1H3,(H,19,23);3-5H,6-8H2,1-2H3,(H,14,18);1H4. The van der Waals surface area contributed by atoms with E-state index in [0.717, 1.165) is 200 Å². The van der Waals surface area contributed by atoms with Crippen LogP contribution in [0.15, 0.2) is 194 Å². The van der Waals surface area contributed by atoms with E-state index in [1.54, 1.807) is 24.5 Å². The number of hydrogen-bond donors (Lipinski definition) is 5. The number of aromatic nitrogens is 8. The third kappa shape index (κ3) is 18.4. The Kier molecular flexibility index (Phi) is 26.4. The quantitative estimate of drug-likeness (QED) is 0.0562. The lowest BCUT2D eigenvalue weighted by atomic mass is 9.81. The Morgan fingerprint density at radius 3 is 1.60 bits per heavy atom. The molecule has 130 heavy (non-hydrogen) atoms. The van der Waals surface area contributed by atoms with E-state index >= 15 is 0 Å². The third-order valence-electron chi connectivity index (χ3n) is 26.7. The Morgan fingerprint density at radius 1 is 0.492 bits per heavy atom. The van der Waals surface area contributed by atoms with Crippen molar-refractivity contribution in [2.75, 3.05) is 134 Å². The monoisotopic (exact) mass is 1750 g/mol. The highest BCUT2D eigenvalue weighted by atomic mass is 16.2. The number of likely N-dealkylation sites (N-methyl/N-ethyl adjacent to an activating group) is 1. The summed E-state index contributed by atoms with van der Waals surface area (Å²) in [5.41, 5.74) is 16.2. The molecule has 0 radical (unpaired) electrons. The lowest BCUT2D eigenvalue weighted by Gasteiger charge is -2.35. The van der Waals surface area contributed by atoms with Crippen LogP contribution in [-0.2, 0) is 37.5 Å². The van der Waals surface area contributed by atoms with Gasteiger partial charge in [-0.2, -0.15) is 0 Å². The molecule has 30 nitrogen and oxygen atoms in total. The number of Topliss-reactive ketones (excluding diaryl/α,β-unsaturated/α-hetero) is 1. The van der Waals surface area contributed by atoms with Crippen molar-refractivity contribution in [3.05, 3.63) is 261 Å². The Bertz CT molecular complexity index is 6300. The fraction of sp³-hybridized carbons (Fsp3) is 0.390. The molecule has 10 aliphatic rings. The molecule has 30 heteroatoms. The van der Waals surface area contributed by atoms with Gasteiger partial charge in [0.05, 0.1) is 122 Å². The number of hydrogen-bond acceptors (Lipinski definition) is 19. The van der Waals surface area contributed by atoms with Gasteiger partial charge in [0.15, 0.2) is 5.78 Å². The third-order valence-corrected chi connectivity index (χ3v) is 26.7. The van der Waals surface area contributed by atoms with Crippen molar-refractivity contribution in [1.29, 1.82) is 0 Å². The van der Waals surface area contributed by atoms with Crippen molar-refractivity contribution in [2.24, 2.45) is 10.9 Å². The molecule has 5 N–H and O–H groups in total. The Hall–Kier alpha value is -13.1. The first-order valence-corrected chi connectivity index (χ1v) is 45.1. The number of amidine groups is 1. The molecule has 13 heterocycles. The van der Waals surface area contributed by atoms with Crippen molar-refractivity contribution in [3.63, 3.8) is 0 Å². The number of rotatable bonds is 16. The summed E-state index contributed by atoms with van der Waals surface area (Å²) in [6.45, 7) is 16.6. The molecule has 9 aliphatic heterocycles. The van der Waals surface area contributed by atoms with Crippen LogP contribution in [0.25, 0.3) is 44.1 Å². The Balaban J connectivity index is 0.000000115. The predicted molar refractivity (Wildman–Crippen MR) is 502 cm³/mol. The van der Waals surface area contributed by atoms with E-state index in [1.807, 2.05) is 195 Å². The summed E-state index contributed by atoms with van der Waals surface area (Å²) in [7, 11) is 12.0. The first-order chi connectivity index (χ1) is 62.6. The minimum atomic E-state index is -0.130. The summed E-state index contributed by atoms with van der Waals surface area (Å²) in [6, 6.07) is 58.0. The molecular weight excluding hydrogens is 1640 g/mol. The van der Waals surface area contributed by atoms with Crippen LogP contribution in [-0.4, -0.2) is 288 Å². The molecular formula is C100H116N22O8. The number of piperazine rings is 2. The fourth-order valence-electron chi connectivity index (χ4n) is 20.2. The fourth-order valence-corrected chi connectivity index (χ4v) is 20.2. The van der Waals surface area contributed by atoms with E-state index in [9.17, 15) is 38.4 Å². The molecule has 22 rings (SSSR count). The zero-order valence-corrected chi connectivity index (χ0v) is 74.3. The molecule has 5 fully saturated rings. The molecule has 4 saturated heterocycles. The van der Waals surface area contributed by atoms with Gasteiger partial charge in [0.25, 0.3) is 35.4 Å². The smallest absolute Gasteiger partial charge is 0.253 e. The van der Waals surface area contributed by atoms with Gasteiger partial charge in [-0.1, -0.05) is 111 Å². The second-order valence-electron chi connectivity index (χ2n) is 35.8. The van der Waals surface area contributed by atoms with Crippen LogP contribution in [0, 0.1) is 5.92 Å².